The van der Waals surface area contributed by atoms with Crippen molar-refractivity contribution in [3.05, 3.63) is 28.8 Å². The molecule has 20 heavy (non-hydrogen) atoms. The molecule has 0 amide bonds. The zero-order chi connectivity index (χ0) is 14.5. The van der Waals surface area contributed by atoms with E-state index < -0.39 is 0 Å². The highest BCUT2D eigenvalue weighted by Gasteiger charge is 2.29. The maximum absolute atomic E-state index is 12.4. The molecule has 4 heteroatoms. The molecule has 1 aliphatic carbocycles. The molecule has 2 rings (SSSR count). The summed E-state index contributed by atoms with van der Waals surface area (Å²) in [6.45, 7) is 3.68. The Morgan fingerprint density at radius 1 is 1.45 bits per heavy atom. The van der Waals surface area contributed by atoms with Crippen molar-refractivity contribution < 1.29 is 9.53 Å². The number of hydrogen-bond acceptors (Lipinski definition) is 3. The van der Waals surface area contributed by atoms with Gasteiger partial charge in [0.1, 0.15) is 5.75 Å². The third-order valence-corrected chi connectivity index (χ3v) is 3.98. The number of benzene rings is 1. The van der Waals surface area contributed by atoms with E-state index in [1.807, 2.05) is 0 Å². The second-order valence-corrected chi connectivity index (χ2v) is 5.73. The summed E-state index contributed by atoms with van der Waals surface area (Å²) in [5.74, 6) is 0.741. The van der Waals surface area contributed by atoms with Crippen molar-refractivity contribution in [2.24, 2.45) is 0 Å². The van der Waals surface area contributed by atoms with E-state index in [0.29, 0.717) is 28.9 Å². The van der Waals surface area contributed by atoms with Crippen LogP contribution in [0.4, 0.5) is 0 Å². The molecule has 0 unspecified atom stereocenters. The summed E-state index contributed by atoms with van der Waals surface area (Å²) in [5.41, 5.74) is 0.665. The molecule has 1 aliphatic rings. The van der Waals surface area contributed by atoms with E-state index in [1.54, 1.807) is 25.3 Å². The van der Waals surface area contributed by atoms with Gasteiger partial charge in [-0.25, -0.2) is 0 Å². The van der Waals surface area contributed by atoms with Crippen LogP contribution in [0.3, 0.4) is 0 Å². The first kappa shape index (κ1) is 15.3. The van der Waals surface area contributed by atoms with Crippen LogP contribution in [0, 0.1) is 0 Å². The molecule has 0 N–H and O–H groups in total. The number of halogens is 1. The average Bonchev–Trinajstić information content (AvgIpc) is 3.27. The van der Waals surface area contributed by atoms with Crippen LogP contribution in [-0.4, -0.2) is 36.9 Å². The van der Waals surface area contributed by atoms with Gasteiger partial charge in [-0.3, -0.25) is 9.69 Å². The Balaban J connectivity index is 2.00. The van der Waals surface area contributed by atoms with Gasteiger partial charge in [-0.1, -0.05) is 24.9 Å². The van der Waals surface area contributed by atoms with Gasteiger partial charge in [0, 0.05) is 11.6 Å². The second kappa shape index (κ2) is 7.09. The smallest absolute Gasteiger partial charge is 0.176 e. The highest BCUT2D eigenvalue weighted by molar-refractivity contribution is 6.32. The maximum atomic E-state index is 12.4. The van der Waals surface area contributed by atoms with Crippen LogP contribution in [-0.2, 0) is 0 Å². The normalized spacial score (nSPS) is 14.6. The van der Waals surface area contributed by atoms with E-state index in [4.69, 9.17) is 16.3 Å². The number of hydrogen-bond donors (Lipinski definition) is 0. The summed E-state index contributed by atoms with van der Waals surface area (Å²) in [6.07, 6.45) is 4.75. The number of unbranched alkanes of at least 4 members (excludes halogenated alkanes) is 1. The number of methoxy groups -OCH3 is 1. The third kappa shape index (κ3) is 3.97. The standard InChI is InChI=1S/C16H22ClNO2/c1-3-4-9-18(13-6-7-13)11-15(19)12-5-8-16(20-2)14(17)10-12/h5,8,10,13H,3-4,6-7,9,11H2,1-2H3. The van der Waals surface area contributed by atoms with Crippen LogP contribution >= 0.6 is 11.6 Å². The SMILES string of the molecule is CCCCN(CC(=O)c1ccc(OC)c(Cl)c1)C1CC1. The van der Waals surface area contributed by atoms with Crippen molar-refractivity contribution >= 4 is 17.4 Å². The Morgan fingerprint density at radius 2 is 2.20 bits per heavy atom. The fraction of sp³-hybridized carbons (Fsp3) is 0.562. The van der Waals surface area contributed by atoms with Crippen LogP contribution in [0.5, 0.6) is 5.75 Å². The number of Topliss-reactive ketones (excluding diaryl/α,β-unsaturated/α-hetero) is 1. The summed E-state index contributed by atoms with van der Waals surface area (Å²) in [7, 11) is 1.57. The van der Waals surface area contributed by atoms with Crippen LogP contribution in [0.1, 0.15) is 43.0 Å². The zero-order valence-corrected chi connectivity index (χ0v) is 12.9. The van der Waals surface area contributed by atoms with Crippen molar-refractivity contribution in [2.45, 2.75) is 38.6 Å². The summed E-state index contributed by atoms with van der Waals surface area (Å²) in [4.78, 5) is 14.7. The molecule has 1 aromatic carbocycles. The van der Waals surface area contributed by atoms with E-state index >= 15 is 0 Å². The maximum Gasteiger partial charge on any atom is 0.176 e. The first-order valence-corrected chi connectivity index (χ1v) is 7.64. The van der Waals surface area contributed by atoms with E-state index in [1.165, 1.54) is 12.8 Å². The number of carbonyl (C=O) groups is 1. The third-order valence-electron chi connectivity index (χ3n) is 3.68. The van der Waals surface area contributed by atoms with E-state index in [2.05, 4.69) is 11.8 Å². The van der Waals surface area contributed by atoms with E-state index in [0.717, 1.165) is 19.4 Å². The minimum absolute atomic E-state index is 0.137. The van der Waals surface area contributed by atoms with Gasteiger partial charge in [0.15, 0.2) is 5.78 Å². The predicted molar refractivity (Wildman–Crippen MR) is 81.8 cm³/mol. The molecule has 1 aromatic rings. The van der Waals surface area contributed by atoms with E-state index in [9.17, 15) is 4.79 Å². The van der Waals surface area contributed by atoms with Crippen molar-refractivity contribution in [3.8, 4) is 5.75 Å². The molecule has 1 saturated carbocycles. The Labute approximate surface area is 125 Å². The second-order valence-electron chi connectivity index (χ2n) is 5.33. The lowest BCUT2D eigenvalue weighted by Gasteiger charge is -2.20. The molecular formula is C16H22ClNO2. The number of carbonyl (C=O) groups excluding carboxylic acids is 1. The van der Waals surface area contributed by atoms with Crippen molar-refractivity contribution in [1.82, 2.24) is 4.90 Å². The lowest BCUT2D eigenvalue weighted by molar-refractivity contribution is 0.0923. The number of ether oxygens (including phenoxy) is 1. The Hall–Kier alpha value is -1.06. The summed E-state index contributed by atoms with van der Waals surface area (Å²) >= 11 is 6.08. The van der Waals surface area contributed by atoms with Crippen LogP contribution < -0.4 is 4.74 Å². The van der Waals surface area contributed by atoms with Crippen LogP contribution in [0.25, 0.3) is 0 Å². The highest BCUT2D eigenvalue weighted by atomic mass is 35.5. The number of ketones is 1. The summed E-state index contributed by atoms with van der Waals surface area (Å²) in [5, 5.41) is 0.491. The molecule has 1 fully saturated rings. The molecule has 0 bridgehead atoms. The van der Waals surface area contributed by atoms with Gasteiger partial charge in [0.25, 0.3) is 0 Å². The lowest BCUT2D eigenvalue weighted by Crippen LogP contribution is -2.32. The molecule has 0 saturated heterocycles. The fourth-order valence-electron chi connectivity index (χ4n) is 2.31. The predicted octanol–water partition coefficient (Wildman–Crippen LogP) is 3.80. The minimum Gasteiger partial charge on any atom is -0.495 e. The quantitative estimate of drug-likeness (QED) is 0.683. The fourth-order valence-corrected chi connectivity index (χ4v) is 2.56. The average molecular weight is 296 g/mol. The summed E-state index contributed by atoms with van der Waals surface area (Å²) < 4.78 is 5.11. The Morgan fingerprint density at radius 3 is 2.75 bits per heavy atom. The molecular weight excluding hydrogens is 274 g/mol. The van der Waals surface area contributed by atoms with Crippen LogP contribution in [0.2, 0.25) is 5.02 Å². The van der Waals surface area contributed by atoms with Crippen molar-refractivity contribution in [3.63, 3.8) is 0 Å². The molecule has 3 nitrogen and oxygen atoms in total. The molecule has 0 aliphatic heterocycles. The summed E-state index contributed by atoms with van der Waals surface area (Å²) in [6, 6.07) is 5.86. The first-order valence-electron chi connectivity index (χ1n) is 7.26. The van der Waals surface area contributed by atoms with Gasteiger partial charge in [-0.2, -0.15) is 0 Å². The number of rotatable bonds is 8. The largest absolute Gasteiger partial charge is 0.495 e. The van der Waals surface area contributed by atoms with Gasteiger partial charge >= 0.3 is 0 Å². The monoisotopic (exact) mass is 295 g/mol. The molecule has 0 radical (unpaired) electrons. The molecule has 0 spiro atoms. The van der Waals surface area contributed by atoms with Gasteiger partial charge in [0.2, 0.25) is 0 Å². The molecule has 0 aromatic heterocycles. The molecule has 0 atom stereocenters. The minimum atomic E-state index is 0.137. The van der Waals surface area contributed by atoms with E-state index in [-0.39, 0.29) is 5.78 Å². The number of nitrogens with zero attached hydrogens (tertiary/aromatic N) is 1. The van der Waals surface area contributed by atoms with Crippen LogP contribution in [0.15, 0.2) is 18.2 Å². The highest BCUT2D eigenvalue weighted by Crippen LogP contribution is 2.28. The van der Waals surface area contributed by atoms with Gasteiger partial charge in [-0.15, -0.1) is 0 Å². The van der Waals surface area contributed by atoms with Gasteiger partial charge in [-0.05, 0) is 44.0 Å². The first-order chi connectivity index (χ1) is 9.65. The Kier molecular flexibility index (Phi) is 5.44. The van der Waals surface area contributed by atoms with Crippen molar-refractivity contribution in [2.75, 3.05) is 20.2 Å². The molecule has 110 valence electrons. The Bertz CT molecular complexity index is 472. The lowest BCUT2D eigenvalue weighted by atomic mass is 10.1. The van der Waals surface area contributed by atoms with Gasteiger partial charge in [0.05, 0.1) is 18.7 Å². The van der Waals surface area contributed by atoms with Gasteiger partial charge < -0.3 is 4.74 Å². The molecule has 0 heterocycles. The van der Waals surface area contributed by atoms with Crippen molar-refractivity contribution in [1.29, 1.82) is 0 Å². The topological polar surface area (TPSA) is 29.5 Å². The zero-order valence-electron chi connectivity index (χ0n) is 12.2.